The highest BCUT2D eigenvalue weighted by Gasteiger charge is 2.17. The Kier molecular flexibility index (Phi) is 6.61. The Morgan fingerprint density at radius 2 is 1.53 bits per heavy atom. The van der Waals surface area contributed by atoms with E-state index in [0.29, 0.717) is 41.7 Å². The smallest absolute Gasteiger partial charge is 0.255 e. The number of carbonyl (C=O) groups is 2. The summed E-state index contributed by atoms with van der Waals surface area (Å²) in [5.74, 6) is 0.434. The van der Waals surface area contributed by atoms with Crippen LogP contribution in [0.3, 0.4) is 0 Å². The van der Waals surface area contributed by atoms with Gasteiger partial charge in [0.1, 0.15) is 19.0 Å². The number of fused-ring (bicyclic) bond motifs is 1. The molecule has 2 amide bonds. The Labute approximate surface area is 189 Å². The fraction of sp³-hybridized carbons (Fsp3) is 0.167. The van der Waals surface area contributed by atoms with Gasteiger partial charge in [0.15, 0.2) is 11.5 Å². The van der Waals surface area contributed by atoms with Crippen molar-refractivity contribution in [2.24, 2.45) is 0 Å². The van der Waals surface area contributed by atoms with Crippen molar-refractivity contribution in [1.29, 1.82) is 0 Å². The van der Waals surface area contributed by atoms with Gasteiger partial charge in [0, 0.05) is 27.9 Å². The van der Waals surface area contributed by atoms with Crippen molar-refractivity contribution in [2.45, 2.75) is 17.1 Å². The Morgan fingerprint density at radius 1 is 0.875 bits per heavy atom. The number of halogens is 1. The van der Waals surface area contributed by atoms with E-state index >= 15 is 0 Å². The molecule has 0 saturated carbocycles. The molecule has 0 bridgehead atoms. The van der Waals surface area contributed by atoms with Crippen molar-refractivity contribution in [3.05, 3.63) is 78.1 Å². The van der Waals surface area contributed by atoms with Gasteiger partial charge in [-0.25, -0.2) is 4.39 Å². The van der Waals surface area contributed by atoms with Gasteiger partial charge in [-0.1, -0.05) is 0 Å². The molecule has 1 aliphatic rings. The summed E-state index contributed by atoms with van der Waals surface area (Å²) in [6.07, 6.45) is 0. The number of nitrogens with one attached hydrogen (secondary N) is 2. The summed E-state index contributed by atoms with van der Waals surface area (Å²) in [6.45, 7) is 2.82. The summed E-state index contributed by atoms with van der Waals surface area (Å²) in [5.41, 5.74) is 1.62. The predicted octanol–water partition coefficient (Wildman–Crippen LogP) is 4.97. The van der Waals surface area contributed by atoms with Crippen molar-refractivity contribution in [2.75, 3.05) is 23.8 Å². The molecular weight excluding hydrogens is 431 g/mol. The first-order valence-electron chi connectivity index (χ1n) is 10.0. The first-order chi connectivity index (χ1) is 15.5. The molecule has 164 valence electrons. The molecule has 0 fully saturated rings. The zero-order valence-electron chi connectivity index (χ0n) is 17.3. The molecule has 6 nitrogen and oxygen atoms in total. The van der Waals surface area contributed by atoms with Crippen LogP contribution in [0.2, 0.25) is 0 Å². The molecule has 3 aromatic carbocycles. The number of carbonyl (C=O) groups excluding carboxylic acids is 2. The molecule has 3 aromatic rings. The van der Waals surface area contributed by atoms with E-state index < -0.39 is 5.82 Å². The molecule has 1 heterocycles. The number of ether oxygens (including phenoxy) is 2. The van der Waals surface area contributed by atoms with E-state index in [1.165, 1.54) is 36.0 Å². The highest BCUT2D eigenvalue weighted by molar-refractivity contribution is 8.00. The summed E-state index contributed by atoms with van der Waals surface area (Å²) < 4.78 is 24.0. The monoisotopic (exact) mass is 452 g/mol. The Hall–Kier alpha value is -3.52. The SMILES string of the molecule is CC(Sc1ccc(NC(=O)c2ccc(F)cc2)cc1)C(=O)Nc1ccc2c(c1)OCCO2. The van der Waals surface area contributed by atoms with Crippen molar-refractivity contribution < 1.29 is 23.5 Å². The van der Waals surface area contributed by atoms with Gasteiger partial charge in [0.2, 0.25) is 5.91 Å². The second kappa shape index (κ2) is 9.74. The van der Waals surface area contributed by atoms with E-state index in [0.717, 1.165) is 4.90 Å². The molecule has 8 heteroatoms. The van der Waals surface area contributed by atoms with E-state index in [9.17, 15) is 14.0 Å². The summed E-state index contributed by atoms with van der Waals surface area (Å²) in [6, 6.07) is 17.8. The molecule has 1 aliphatic heterocycles. The van der Waals surface area contributed by atoms with E-state index in [1.54, 1.807) is 30.3 Å². The number of thioether (sulfide) groups is 1. The van der Waals surface area contributed by atoms with Crippen LogP contribution in [0.15, 0.2) is 71.6 Å². The second-order valence-corrected chi connectivity index (χ2v) is 8.51. The number of hydrogen-bond acceptors (Lipinski definition) is 5. The molecule has 32 heavy (non-hydrogen) atoms. The topological polar surface area (TPSA) is 76.7 Å². The first-order valence-corrected chi connectivity index (χ1v) is 10.9. The minimum absolute atomic E-state index is 0.139. The fourth-order valence-corrected chi connectivity index (χ4v) is 3.91. The molecule has 1 unspecified atom stereocenters. The van der Waals surface area contributed by atoms with Crippen LogP contribution in [0.4, 0.5) is 15.8 Å². The van der Waals surface area contributed by atoms with Gasteiger partial charge >= 0.3 is 0 Å². The number of amides is 2. The van der Waals surface area contributed by atoms with Crippen LogP contribution in [0, 0.1) is 5.82 Å². The lowest BCUT2D eigenvalue weighted by Gasteiger charge is -2.19. The third kappa shape index (κ3) is 5.39. The van der Waals surface area contributed by atoms with Crippen LogP contribution in [0.5, 0.6) is 11.5 Å². The minimum Gasteiger partial charge on any atom is -0.486 e. The molecule has 0 aliphatic carbocycles. The molecule has 0 spiro atoms. The highest BCUT2D eigenvalue weighted by Crippen LogP contribution is 2.33. The van der Waals surface area contributed by atoms with Crippen LogP contribution < -0.4 is 20.1 Å². The van der Waals surface area contributed by atoms with Gasteiger partial charge in [-0.15, -0.1) is 11.8 Å². The summed E-state index contributed by atoms with van der Waals surface area (Å²) in [4.78, 5) is 25.7. The lowest BCUT2D eigenvalue weighted by Crippen LogP contribution is -2.22. The maximum absolute atomic E-state index is 13.0. The summed E-state index contributed by atoms with van der Waals surface area (Å²) in [5, 5.41) is 5.31. The lowest BCUT2D eigenvalue weighted by atomic mass is 10.2. The average Bonchev–Trinajstić information content (AvgIpc) is 2.80. The van der Waals surface area contributed by atoms with Crippen molar-refractivity contribution in [1.82, 2.24) is 0 Å². The quantitative estimate of drug-likeness (QED) is 0.517. The number of benzene rings is 3. The summed E-state index contributed by atoms with van der Waals surface area (Å²) >= 11 is 1.40. The summed E-state index contributed by atoms with van der Waals surface area (Å²) in [7, 11) is 0. The van der Waals surface area contributed by atoms with Gasteiger partial charge in [-0.05, 0) is 67.6 Å². The van der Waals surface area contributed by atoms with E-state index in [2.05, 4.69) is 10.6 Å². The third-order valence-electron chi connectivity index (χ3n) is 4.71. The van der Waals surface area contributed by atoms with Gasteiger partial charge in [0.25, 0.3) is 5.91 Å². The molecule has 2 N–H and O–H groups in total. The van der Waals surface area contributed by atoms with E-state index in [1.807, 2.05) is 19.1 Å². The van der Waals surface area contributed by atoms with E-state index in [4.69, 9.17) is 9.47 Å². The zero-order chi connectivity index (χ0) is 22.5. The van der Waals surface area contributed by atoms with Crippen LogP contribution in [-0.4, -0.2) is 30.3 Å². The van der Waals surface area contributed by atoms with Gasteiger partial charge in [-0.2, -0.15) is 0 Å². The molecule has 1 atom stereocenters. The number of rotatable bonds is 6. The normalized spacial score (nSPS) is 13.2. The second-order valence-electron chi connectivity index (χ2n) is 7.09. The Bertz CT molecular complexity index is 1120. The van der Waals surface area contributed by atoms with Gasteiger partial charge in [-0.3, -0.25) is 9.59 Å². The van der Waals surface area contributed by atoms with Crippen molar-refractivity contribution >= 4 is 35.0 Å². The van der Waals surface area contributed by atoms with Crippen LogP contribution >= 0.6 is 11.8 Å². The average molecular weight is 453 g/mol. The largest absolute Gasteiger partial charge is 0.486 e. The van der Waals surface area contributed by atoms with Crippen molar-refractivity contribution in [3.63, 3.8) is 0 Å². The maximum atomic E-state index is 13.0. The van der Waals surface area contributed by atoms with Gasteiger partial charge in [0.05, 0.1) is 5.25 Å². The standard InChI is InChI=1S/C24H21FN2O4S/c1-15(23(28)27-19-8-11-21-22(14-19)31-13-12-30-21)32-20-9-6-18(7-10-20)26-24(29)16-2-4-17(25)5-3-16/h2-11,14-15H,12-13H2,1H3,(H,26,29)(H,27,28). The Balaban J connectivity index is 1.32. The lowest BCUT2D eigenvalue weighted by molar-refractivity contribution is -0.115. The molecule has 0 aromatic heterocycles. The number of hydrogen-bond donors (Lipinski definition) is 2. The third-order valence-corrected chi connectivity index (χ3v) is 5.82. The van der Waals surface area contributed by atoms with Crippen LogP contribution in [-0.2, 0) is 4.79 Å². The molecule has 0 radical (unpaired) electrons. The van der Waals surface area contributed by atoms with Crippen LogP contribution in [0.25, 0.3) is 0 Å². The fourth-order valence-electron chi connectivity index (χ4n) is 3.04. The predicted molar refractivity (Wildman–Crippen MR) is 122 cm³/mol. The highest BCUT2D eigenvalue weighted by atomic mass is 32.2. The molecule has 0 saturated heterocycles. The molecular formula is C24H21FN2O4S. The minimum atomic E-state index is -0.393. The molecule has 4 rings (SSSR count). The van der Waals surface area contributed by atoms with Gasteiger partial charge < -0.3 is 20.1 Å². The van der Waals surface area contributed by atoms with Crippen LogP contribution in [0.1, 0.15) is 17.3 Å². The zero-order valence-corrected chi connectivity index (χ0v) is 18.1. The Morgan fingerprint density at radius 3 is 2.25 bits per heavy atom. The first kappa shape index (κ1) is 21.7. The van der Waals surface area contributed by atoms with Crippen molar-refractivity contribution in [3.8, 4) is 11.5 Å². The van der Waals surface area contributed by atoms with E-state index in [-0.39, 0.29) is 17.1 Å². The maximum Gasteiger partial charge on any atom is 0.255 e. The number of anilines is 2.